The summed E-state index contributed by atoms with van der Waals surface area (Å²) in [6.07, 6.45) is -0.963. The first-order valence-corrected chi connectivity index (χ1v) is 9.06. The van der Waals surface area contributed by atoms with Crippen molar-refractivity contribution in [3.8, 4) is 17.2 Å². The minimum absolute atomic E-state index is 0.155. The number of anilines is 1. The predicted octanol–water partition coefficient (Wildman–Crippen LogP) is 3.63. The molecule has 2 aromatic rings. The zero-order valence-electron chi connectivity index (χ0n) is 16.1. The van der Waals surface area contributed by atoms with Crippen molar-refractivity contribution in [2.45, 2.75) is 26.9 Å². The van der Waals surface area contributed by atoms with Gasteiger partial charge >= 0.3 is 5.97 Å². The number of benzene rings is 2. The molecule has 1 amide bonds. The summed E-state index contributed by atoms with van der Waals surface area (Å²) in [4.78, 5) is 24.6. The molecule has 3 rings (SSSR count). The van der Waals surface area contributed by atoms with E-state index in [9.17, 15) is 9.59 Å². The third-order valence-corrected chi connectivity index (χ3v) is 3.97. The molecule has 0 saturated heterocycles. The van der Waals surface area contributed by atoms with Crippen LogP contribution >= 0.6 is 0 Å². The summed E-state index contributed by atoms with van der Waals surface area (Å²) in [6.45, 7) is 6.38. The lowest BCUT2D eigenvalue weighted by Gasteiger charge is -2.14. The molecule has 1 aliphatic heterocycles. The molecule has 148 valence electrons. The number of esters is 1. The van der Waals surface area contributed by atoms with Gasteiger partial charge in [0.05, 0.1) is 12.2 Å². The van der Waals surface area contributed by atoms with Gasteiger partial charge in [-0.3, -0.25) is 4.79 Å². The highest BCUT2D eigenvalue weighted by atomic mass is 16.7. The largest absolute Gasteiger partial charge is 0.493 e. The first-order chi connectivity index (χ1) is 13.4. The van der Waals surface area contributed by atoms with Crippen molar-refractivity contribution in [2.24, 2.45) is 5.92 Å². The van der Waals surface area contributed by atoms with Gasteiger partial charge in [-0.2, -0.15) is 0 Å². The summed E-state index contributed by atoms with van der Waals surface area (Å²) in [5, 5.41) is 2.69. The lowest BCUT2D eigenvalue weighted by atomic mass is 10.2. The average molecular weight is 385 g/mol. The maximum atomic E-state index is 12.3. The Hall–Kier alpha value is -3.22. The van der Waals surface area contributed by atoms with Gasteiger partial charge in [0.2, 0.25) is 6.79 Å². The number of fused-ring (bicyclic) bond motifs is 1. The van der Waals surface area contributed by atoms with E-state index in [2.05, 4.69) is 19.2 Å². The molecule has 0 fully saturated rings. The zero-order valence-corrected chi connectivity index (χ0v) is 16.1. The number of ether oxygens (including phenoxy) is 4. The minimum Gasteiger partial charge on any atom is -0.493 e. The quantitative estimate of drug-likeness (QED) is 0.733. The van der Waals surface area contributed by atoms with Crippen LogP contribution in [-0.2, 0) is 9.53 Å². The number of nitrogens with one attached hydrogen (secondary N) is 1. The van der Waals surface area contributed by atoms with Crippen molar-refractivity contribution in [1.29, 1.82) is 0 Å². The average Bonchev–Trinajstić information content (AvgIpc) is 3.14. The van der Waals surface area contributed by atoms with Crippen LogP contribution in [0.4, 0.5) is 5.69 Å². The van der Waals surface area contributed by atoms with Gasteiger partial charge in [-0.25, -0.2) is 4.79 Å². The topological polar surface area (TPSA) is 83.1 Å². The van der Waals surface area contributed by atoms with Crippen molar-refractivity contribution in [3.63, 3.8) is 0 Å². The van der Waals surface area contributed by atoms with Crippen molar-refractivity contribution in [3.05, 3.63) is 48.0 Å². The standard InChI is InChI=1S/C21H23NO6/c1-13(2)11-25-17-7-4-15(5-8-17)21(24)28-14(3)20(23)22-16-6-9-18-19(10-16)27-12-26-18/h4-10,13-14H,11-12H2,1-3H3,(H,22,23)/t14-/m1/s1. The first-order valence-electron chi connectivity index (χ1n) is 9.06. The Balaban J connectivity index is 1.53. The molecular weight excluding hydrogens is 362 g/mol. The lowest BCUT2D eigenvalue weighted by Crippen LogP contribution is -2.30. The molecule has 0 spiro atoms. The van der Waals surface area contributed by atoms with Crippen LogP contribution in [-0.4, -0.2) is 31.4 Å². The monoisotopic (exact) mass is 385 g/mol. The van der Waals surface area contributed by atoms with Crippen LogP contribution in [0.5, 0.6) is 17.2 Å². The third kappa shape index (κ3) is 4.94. The normalized spacial score (nSPS) is 13.1. The van der Waals surface area contributed by atoms with E-state index >= 15 is 0 Å². The fourth-order valence-electron chi connectivity index (χ4n) is 2.45. The number of carbonyl (C=O) groups excluding carboxylic acids is 2. The zero-order chi connectivity index (χ0) is 20.1. The van der Waals surface area contributed by atoms with Gasteiger partial charge in [-0.15, -0.1) is 0 Å². The van der Waals surface area contributed by atoms with Crippen LogP contribution in [0, 0.1) is 5.92 Å². The van der Waals surface area contributed by atoms with E-state index in [1.54, 1.807) is 42.5 Å². The molecule has 0 aromatic heterocycles. The fourth-order valence-corrected chi connectivity index (χ4v) is 2.45. The maximum absolute atomic E-state index is 12.3. The Kier molecular flexibility index (Phi) is 6.03. The Morgan fingerprint density at radius 2 is 1.75 bits per heavy atom. The molecule has 0 bridgehead atoms. The molecule has 28 heavy (non-hydrogen) atoms. The number of rotatable bonds is 7. The van der Waals surface area contributed by atoms with E-state index < -0.39 is 18.0 Å². The van der Waals surface area contributed by atoms with Crippen LogP contribution < -0.4 is 19.5 Å². The van der Waals surface area contributed by atoms with E-state index in [1.165, 1.54) is 6.92 Å². The van der Waals surface area contributed by atoms with Crippen LogP contribution in [0.2, 0.25) is 0 Å². The molecule has 0 saturated carbocycles. The summed E-state index contributed by atoms with van der Waals surface area (Å²) in [5.41, 5.74) is 0.878. The fraction of sp³-hybridized carbons (Fsp3) is 0.333. The molecule has 1 heterocycles. The molecule has 0 unspecified atom stereocenters. The van der Waals surface area contributed by atoms with E-state index in [1.807, 2.05) is 0 Å². The maximum Gasteiger partial charge on any atom is 0.338 e. The second-order valence-corrected chi connectivity index (χ2v) is 6.83. The lowest BCUT2D eigenvalue weighted by molar-refractivity contribution is -0.123. The molecule has 1 N–H and O–H groups in total. The predicted molar refractivity (Wildman–Crippen MR) is 103 cm³/mol. The Morgan fingerprint density at radius 3 is 2.46 bits per heavy atom. The first kappa shape index (κ1) is 19.5. The van der Waals surface area contributed by atoms with Crippen molar-refractivity contribution in [1.82, 2.24) is 0 Å². The minimum atomic E-state index is -0.963. The molecule has 2 aromatic carbocycles. The van der Waals surface area contributed by atoms with Crippen molar-refractivity contribution >= 4 is 17.6 Å². The number of hydrogen-bond donors (Lipinski definition) is 1. The van der Waals surface area contributed by atoms with Gasteiger partial charge in [0, 0.05) is 11.8 Å². The summed E-state index contributed by atoms with van der Waals surface area (Å²) in [6, 6.07) is 11.7. The molecule has 0 radical (unpaired) electrons. The molecule has 1 atom stereocenters. The van der Waals surface area contributed by atoms with Gasteiger partial charge < -0.3 is 24.3 Å². The second-order valence-electron chi connectivity index (χ2n) is 6.83. The van der Waals surface area contributed by atoms with Gasteiger partial charge in [0.1, 0.15) is 5.75 Å². The van der Waals surface area contributed by atoms with Gasteiger partial charge in [0.25, 0.3) is 5.91 Å². The molecule has 1 aliphatic rings. The molecule has 7 nitrogen and oxygen atoms in total. The molecular formula is C21H23NO6. The highest BCUT2D eigenvalue weighted by Crippen LogP contribution is 2.34. The summed E-state index contributed by atoms with van der Waals surface area (Å²) < 4.78 is 21.3. The Bertz CT molecular complexity index is 846. The third-order valence-electron chi connectivity index (χ3n) is 3.97. The van der Waals surface area contributed by atoms with Gasteiger partial charge in [-0.1, -0.05) is 13.8 Å². The number of hydrogen-bond acceptors (Lipinski definition) is 6. The van der Waals surface area contributed by atoms with Crippen LogP contribution in [0.3, 0.4) is 0 Å². The van der Waals surface area contributed by atoms with Crippen LogP contribution in [0.1, 0.15) is 31.1 Å². The number of amides is 1. The second kappa shape index (κ2) is 8.65. The summed E-state index contributed by atoms with van der Waals surface area (Å²) in [5.74, 6) is 1.25. The Morgan fingerprint density at radius 1 is 1.04 bits per heavy atom. The summed E-state index contributed by atoms with van der Waals surface area (Å²) in [7, 11) is 0. The van der Waals surface area contributed by atoms with Crippen LogP contribution in [0.15, 0.2) is 42.5 Å². The van der Waals surface area contributed by atoms with Crippen molar-refractivity contribution in [2.75, 3.05) is 18.7 Å². The van der Waals surface area contributed by atoms with E-state index in [0.717, 1.165) is 0 Å². The smallest absolute Gasteiger partial charge is 0.338 e. The van der Waals surface area contributed by atoms with E-state index in [0.29, 0.717) is 41.0 Å². The SMILES string of the molecule is CC(C)COc1ccc(C(=O)O[C@H](C)C(=O)Nc2ccc3c(c2)OCO3)cc1. The Labute approximate surface area is 163 Å². The number of carbonyl (C=O) groups is 2. The highest BCUT2D eigenvalue weighted by molar-refractivity contribution is 5.97. The molecule has 7 heteroatoms. The van der Waals surface area contributed by atoms with Crippen molar-refractivity contribution < 1.29 is 28.5 Å². The van der Waals surface area contributed by atoms with E-state index in [4.69, 9.17) is 18.9 Å². The van der Waals surface area contributed by atoms with Gasteiger partial charge in [-0.05, 0) is 49.2 Å². The highest BCUT2D eigenvalue weighted by Gasteiger charge is 2.20. The van der Waals surface area contributed by atoms with E-state index in [-0.39, 0.29) is 6.79 Å². The van der Waals surface area contributed by atoms with Crippen LogP contribution in [0.25, 0.3) is 0 Å². The summed E-state index contributed by atoms with van der Waals surface area (Å²) >= 11 is 0. The van der Waals surface area contributed by atoms with Gasteiger partial charge in [0.15, 0.2) is 17.6 Å². The molecule has 0 aliphatic carbocycles.